The van der Waals surface area contributed by atoms with Crippen molar-refractivity contribution in [2.24, 2.45) is 7.05 Å². The molecule has 7 nitrogen and oxygen atoms in total. The van der Waals surface area contributed by atoms with Gasteiger partial charge >= 0.3 is 0 Å². The van der Waals surface area contributed by atoms with Crippen LogP contribution in [-0.4, -0.2) is 41.7 Å². The molecule has 5 rings (SSSR count). The third kappa shape index (κ3) is 3.08. The summed E-state index contributed by atoms with van der Waals surface area (Å²) < 4.78 is 3.87. The lowest BCUT2D eigenvalue weighted by Gasteiger charge is -2.35. The second-order valence-corrected chi connectivity index (χ2v) is 7.48. The predicted molar refractivity (Wildman–Crippen MR) is 109 cm³/mol. The van der Waals surface area contributed by atoms with Gasteiger partial charge in [-0.3, -0.25) is 4.79 Å². The largest absolute Gasteiger partial charge is 0.336 e. The Labute approximate surface area is 168 Å². The van der Waals surface area contributed by atoms with E-state index in [9.17, 15) is 4.79 Å². The molecule has 29 heavy (non-hydrogen) atoms. The van der Waals surface area contributed by atoms with Crippen molar-refractivity contribution in [2.45, 2.75) is 25.9 Å². The van der Waals surface area contributed by atoms with E-state index < -0.39 is 0 Å². The van der Waals surface area contributed by atoms with E-state index >= 15 is 0 Å². The summed E-state index contributed by atoms with van der Waals surface area (Å²) in [4.78, 5) is 24.7. The third-order valence-corrected chi connectivity index (χ3v) is 5.50. The van der Waals surface area contributed by atoms with E-state index in [0.717, 1.165) is 28.2 Å². The Balaban J connectivity index is 1.54. The van der Waals surface area contributed by atoms with Crippen LogP contribution in [0.5, 0.6) is 0 Å². The van der Waals surface area contributed by atoms with Crippen molar-refractivity contribution in [3.63, 3.8) is 0 Å². The number of pyridine rings is 1. The van der Waals surface area contributed by atoms with Gasteiger partial charge in [-0.1, -0.05) is 30.3 Å². The van der Waals surface area contributed by atoms with Crippen molar-refractivity contribution < 1.29 is 4.79 Å². The molecule has 0 saturated carbocycles. The van der Waals surface area contributed by atoms with Gasteiger partial charge < -0.3 is 9.47 Å². The van der Waals surface area contributed by atoms with Crippen LogP contribution < -0.4 is 0 Å². The maximum atomic E-state index is 13.5. The van der Waals surface area contributed by atoms with Crippen LogP contribution in [0.3, 0.4) is 0 Å². The van der Waals surface area contributed by atoms with Gasteiger partial charge in [0.15, 0.2) is 0 Å². The molecule has 0 bridgehead atoms. The van der Waals surface area contributed by atoms with Crippen LogP contribution in [0.2, 0.25) is 0 Å². The van der Waals surface area contributed by atoms with Crippen LogP contribution >= 0.6 is 0 Å². The predicted octanol–water partition coefficient (Wildman–Crippen LogP) is 2.91. The highest BCUT2D eigenvalue weighted by molar-refractivity contribution is 5.94. The van der Waals surface area contributed by atoms with Gasteiger partial charge in [0, 0.05) is 31.6 Å². The quantitative estimate of drug-likeness (QED) is 0.543. The normalized spacial score (nSPS) is 16.2. The van der Waals surface area contributed by atoms with Gasteiger partial charge in [0.05, 0.1) is 12.6 Å². The topological polar surface area (TPSA) is 68.8 Å². The van der Waals surface area contributed by atoms with Crippen LogP contribution in [0.25, 0.3) is 11.0 Å². The molecule has 0 saturated heterocycles. The molecule has 3 aromatic heterocycles. The average Bonchev–Trinajstić information content (AvgIpc) is 3.30. The number of nitrogens with zero attached hydrogens (tertiary/aromatic N) is 6. The molecule has 1 atom stereocenters. The fraction of sp³-hybridized carbons (Fsp3) is 0.273. The zero-order valence-corrected chi connectivity index (χ0v) is 16.5. The SMILES string of the molecule is Cc1nc2n(n1)CCN(C(=O)c1ccc3ccn(C)c3n1)[C@H]2Cc1ccccc1. The summed E-state index contributed by atoms with van der Waals surface area (Å²) in [6.45, 7) is 3.11. The standard InChI is InChI=1S/C22H22N6O/c1-15-23-21-19(14-16-6-4-3-5-7-16)27(12-13-28(21)25-15)22(29)18-9-8-17-10-11-26(2)20(17)24-18/h3-11,19H,12-14H2,1-2H3/t19-/m0/s1. The molecular weight excluding hydrogens is 364 g/mol. The van der Waals surface area contributed by atoms with E-state index in [1.165, 1.54) is 0 Å². The molecule has 1 amide bonds. The van der Waals surface area contributed by atoms with E-state index in [0.29, 0.717) is 25.2 Å². The highest BCUT2D eigenvalue weighted by Crippen LogP contribution is 2.29. The van der Waals surface area contributed by atoms with E-state index in [-0.39, 0.29) is 11.9 Å². The number of aryl methyl sites for hydroxylation is 2. The first kappa shape index (κ1) is 17.6. The van der Waals surface area contributed by atoms with Crippen LogP contribution in [0, 0.1) is 6.92 Å². The lowest BCUT2D eigenvalue weighted by atomic mass is 10.0. The first-order chi connectivity index (χ1) is 14.1. The second-order valence-electron chi connectivity index (χ2n) is 7.48. The van der Waals surface area contributed by atoms with Crippen molar-refractivity contribution in [3.8, 4) is 0 Å². The van der Waals surface area contributed by atoms with E-state index in [4.69, 9.17) is 0 Å². The van der Waals surface area contributed by atoms with Gasteiger partial charge in [-0.25, -0.2) is 14.6 Å². The van der Waals surface area contributed by atoms with E-state index in [2.05, 4.69) is 27.2 Å². The number of aromatic nitrogens is 5. The molecule has 1 aliphatic heterocycles. The molecule has 4 heterocycles. The van der Waals surface area contributed by atoms with Crippen molar-refractivity contribution in [1.82, 2.24) is 29.2 Å². The summed E-state index contributed by atoms with van der Waals surface area (Å²) in [7, 11) is 1.94. The molecule has 0 fully saturated rings. The van der Waals surface area contributed by atoms with Crippen molar-refractivity contribution in [2.75, 3.05) is 6.54 Å². The lowest BCUT2D eigenvalue weighted by Crippen LogP contribution is -2.43. The maximum Gasteiger partial charge on any atom is 0.273 e. The molecule has 0 radical (unpaired) electrons. The van der Waals surface area contributed by atoms with Gasteiger partial charge in [-0.15, -0.1) is 0 Å². The monoisotopic (exact) mass is 386 g/mol. The Hall–Kier alpha value is -3.48. The molecule has 0 N–H and O–H groups in total. The zero-order valence-electron chi connectivity index (χ0n) is 16.5. The number of fused-ring (bicyclic) bond motifs is 2. The zero-order chi connectivity index (χ0) is 20.0. The summed E-state index contributed by atoms with van der Waals surface area (Å²) >= 11 is 0. The van der Waals surface area contributed by atoms with Crippen molar-refractivity contribution >= 4 is 16.9 Å². The number of amides is 1. The Morgan fingerprint density at radius 1 is 1.07 bits per heavy atom. The third-order valence-electron chi connectivity index (χ3n) is 5.50. The maximum absolute atomic E-state index is 13.5. The first-order valence-corrected chi connectivity index (χ1v) is 9.78. The molecule has 146 valence electrons. The number of benzene rings is 1. The van der Waals surface area contributed by atoms with Crippen LogP contribution in [0.1, 0.15) is 33.7 Å². The first-order valence-electron chi connectivity index (χ1n) is 9.78. The van der Waals surface area contributed by atoms with Crippen LogP contribution in [-0.2, 0) is 20.0 Å². The Morgan fingerprint density at radius 3 is 2.72 bits per heavy atom. The minimum absolute atomic E-state index is 0.0686. The van der Waals surface area contributed by atoms with Crippen LogP contribution in [0.4, 0.5) is 0 Å². The molecule has 1 aromatic carbocycles. The van der Waals surface area contributed by atoms with Gasteiger partial charge in [0.1, 0.15) is 23.0 Å². The summed E-state index contributed by atoms with van der Waals surface area (Å²) in [6.07, 6.45) is 2.65. The molecule has 0 unspecified atom stereocenters. The van der Waals surface area contributed by atoms with Crippen molar-refractivity contribution in [1.29, 1.82) is 0 Å². The van der Waals surface area contributed by atoms with Crippen LogP contribution in [0.15, 0.2) is 54.7 Å². The highest BCUT2D eigenvalue weighted by atomic mass is 16.2. The second kappa shape index (κ2) is 6.84. The summed E-state index contributed by atoms with van der Waals surface area (Å²) in [5.41, 5.74) is 2.43. The van der Waals surface area contributed by atoms with Crippen molar-refractivity contribution in [3.05, 3.63) is 77.6 Å². The molecule has 1 aliphatic rings. The lowest BCUT2D eigenvalue weighted by molar-refractivity contribution is 0.0602. The number of hydrogen-bond acceptors (Lipinski definition) is 4. The molecule has 0 spiro atoms. The number of rotatable bonds is 3. The van der Waals surface area contributed by atoms with E-state index in [1.54, 1.807) is 0 Å². The van der Waals surface area contributed by atoms with Gasteiger partial charge in [-0.05, 0) is 30.7 Å². The van der Waals surface area contributed by atoms with E-state index in [1.807, 2.05) is 70.7 Å². The molecule has 0 aliphatic carbocycles. The van der Waals surface area contributed by atoms with Gasteiger partial charge in [0.25, 0.3) is 5.91 Å². The van der Waals surface area contributed by atoms with Gasteiger partial charge in [-0.2, -0.15) is 5.10 Å². The highest BCUT2D eigenvalue weighted by Gasteiger charge is 2.34. The Morgan fingerprint density at radius 2 is 1.90 bits per heavy atom. The fourth-order valence-electron chi connectivity index (χ4n) is 4.06. The summed E-state index contributed by atoms with van der Waals surface area (Å²) in [5.74, 6) is 1.50. The minimum atomic E-state index is -0.175. The Kier molecular flexibility index (Phi) is 4.16. The smallest absolute Gasteiger partial charge is 0.273 e. The average molecular weight is 386 g/mol. The molecule has 4 aromatic rings. The summed E-state index contributed by atoms with van der Waals surface area (Å²) in [6, 6.07) is 15.8. The molecular formula is C22H22N6O. The van der Waals surface area contributed by atoms with Gasteiger partial charge in [0.2, 0.25) is 0 Å². The Bertz CT molecular complexity index is 1190. The number of carbonyl (C=O) groups excluding carboxylic acids is 1. The number of hydrogen-bond donors (Lipinski definition) is 0. The molecule has 7 heteroatoms. The minimum Gasteiger partial charge on any atom is -0.336 e. The summed E-state index contributed by atoms with van der Waals surface area (Å²) in [5, 5.41) is 5.53. The number of carbonyl (C=O) groups is 1. The fourth-order valence-corrected chi connectivity index (χ4v) is 4.06.